The molecule has 4 rings (SSSR count). The van der Waals surface area contributed by atoms with Crippen molar-refractivity contribution in [3.8, 4) is 0 Å². The number of alkyl halides is 6. The molecule has 10 nitrogen and oxygen atoms in total. The zero-order chi connectivity index (χ0) is 28.1. The van der Waals surface area contributed by atoms with E-state index in [1.54, 1.807) is 42.2 Å². The number of aliphatic carboxylic acids is 1. The Kier molecular flexibility index (Phi) is 8.55. The largest absolute Gasteiger partial charge is 0.490 e. The van der Waals surface area contributed by atoms with Gasteiger partial charge in [-0.3, -0.25) is 4.79 Å². The van der Waals surface area contributed by atoms with E-state index in [9.17, 15) is 31.1 Å². The SMILES string of the molecule is CC1CN(C(=O)c2cccc(Nc3nn[nH]n3)c2)CC(c2cccc(C(F)(F)F)c2)O1.O=C(O)C(F)(F)F. The van der Waals surface area contributed by atoms with Crippen LogP contribution in [0.1, 0.15) is 34.5 Å². The van der Waals surface area contributed by atoms with E-state index in [1.165, 1.54) is 6.07 Å². The molecular weight excluding hydrogens is 526 g/mol. The minimum atomic E-state index is -5.08. The molecule has 38 heavy (non-hydrogen) atoms. The number of hydrogen-bond acceptors (Lipinski definition) is 7. The van der Waals surface area contributed by atoms with Crippen molar-refractivity contribution in [2.45, 2.75) is 31.5 Å². The van der Waals surface area contributed by atoms with Crippen LogP contribution in [0.2, 0.25) is 0 Å². The third-order valence-corrected chi connectivity index (χ3v) is 5.09. The van der Waals surface area contributed by atoms with Gasteiger partial charge in [0.05, 0.1) is 18.2 Å². The number of carboxylic acid groups (broad SMARTS) is 1. The van der Waals surface area contributed by atoms with E-state index in [2.05, 4.69) is 25.9 Å². The van der Waals surface area contributed by atoms with Crippen LogP contribution in [0.4, 0.5) is 38.0 Å². The van der Waals surface area contributed by atoms with E-state index in [1.807, 2.05) is 0 Å². The van der Waals surface area contributed by atoms with Crippen molar-refractivity contribution >= 4 is 23.5 Å². The maximum atomic E-state index is 13.1. The van der Waals surface area contributed by atoms with Crippen LogP contribution in [-0.2, 0) is 15.7 Å². The molecule has 0 aliphatic carbocycles. The summed E-state index contributed by atoms with van der Waals surface area (Å²) in [6.45, 7) is 2.26. The smallest absolute Gasteiger partial charge is 0.475 e. The molecular formula is C22H20F6N6O4. The normalized spacial score (nSPS) is 17.8. The number of H-pyrrole nitrogens is 1. The lowest BCUT2D eigenvalue weighted by Crippen LogP contribution is -2.46. The Labute approximate surface area is 210 Å². The number of nitrogens with one attached hydrogen (secondary N) is 2. The second kappa shape index (κ2) is 11.5. The molecule has 0 bridgehead atoms. The highest BCUT2D eigenvalue weighted by Gasteiger charge is 2.38. The van der Waals surface area contributed by atoms with E-state index < -0.39 is 30.0 Å². The summed E-state index contributed by atoms with van der Waals surface area (Å²) in [7, 11) is 0. The number of anilines is 2. The highest BCUT2D eigenvalue weighted by molar-refractivity contribution is 5.95. The van der Waals surface area contributed by atoms with Crippen LogP contribution in [0.5, 0.6) is 0 Å². The van der Waals surface area contributed by atoms with Crippen molar-refractivity contribution in [1.82, 2.24) is 25.5 Å². The van der Waals surface area contributed by atoms with Crippen LogP contribution in [0.15, 0.2) is 48.5 Å². The van der Waals surface area contributed by atoms with Crippen LogP contribution >= 0.6 is 0 Å². The van der Waals surface area contributed by atoms with Crippen LogP contribution in [0.25, 0.3) is 0 Å². The number of benzene rings is 2. The Morgan fingerprint density at radius 3 is 2.37 bits per heavy atom. The molecule has 1 aromatic heterocycles. The summed E-state index contributed by atoms with van der Waals surface area (Å²) in [5.41, 5.74) is 0.657. The summed E-state index contributed by atoms with van der Waals surface area (Å²) < 4.78 is 76.8. The number of tetrazole rings is 1. The van der Waals surface area contributed by atoms with Gasteiger partial charge < -0.3 is 20.1 Å². The molecule has 2 unspecified atom stereocenters. The van der Waals surface area contributed by atoms with Gasteiger partial charge in [0.15, 0.2) is 0 Å². The number of carbonyl (C=O) groups excluding carboxylic acids is 1. The highest BCUT2D eigenvalue weighted by Crippen LogP contribution is 2.33. The van der Waals surface area contributed by atoms with Crippen molar-refractivity contribution in [3.05, 3.63) is 65.2 Å². The number of hydrogen-bond donors (Lipinski definition) is 3. The van der Waals surface area contributed by atoms with Gasteiger partial charge >= 0.3 is 18.3 Å². The van der Waals surface area contributed by atoms with Crippen molar-refractivity contribution in [2.24, 2.45) is 0 Å². The van der Waals surface area contributed by atoms with Gasteiger partial charge in [0.1, 0.15) is 6.10 Å². The summed E-state index contributed by atoms with van der Waals surface area (Å²) in [6, 6.07) is 11.8. The molecule has 204 valence electrons. The monoisotopic (exact) mass is 546 g/mol. The Hall–Kier alpha value is -4.21. The lowest BCUT2D eigenvalue weighted by Gasteiger charge is -2.37. The second-order valence-electron chi connectivity index (χ2n) is 8.01. The highest BCUT2D eigenvalue weighted by atomic mass is 19.4. The average molecular weight is 546 g/mol. The van der Waals surface area contributed by atoms with Crippen molar-refractivity contribution < 1.29 is 45.8 Å². The molecule has 3 aromatic rings. The topological polar surface area (TPSA) is 133 Å². The second-order valence-corrected chi connectivity index (χ2v) is 8.01. The molecule has 1 fully saturated rings. The minimum Gasteiger partial charge on any atom is -0.475 e. The molecule has 2 aromatic carbocycles. The molecule has 1 saturated heterocycles. The molecule has 3 N–H and O–H groups in total. The first-order chi connectivity index (χ1) is 17.7. The standard InChI is InChI=1S/C20H19F3N6O2.C2HF3O2/c1-12-10-29(11-17(31-12)13-4-2-6-15(8-13)20(21,22)23)18(30)14-5-3-7-16(9-14)24-19-25-27-28-26-19;3-2(4,5)1(6)7/h2-9,12,17H,10-11H2,1H3,(H2,24,25,26,27,28);(H,6,7). The van der Waals surface area contributed by atoms with E-state index in [-0.39, 0.29) is 24.5 Å². The van der Waals surface area contributed by atoms with Crippen molar-refractivity contribution in [3.63, 3.8) is 0 Å². The number of nitrogens with zero attached hydrogens (tertiary/aromatic N) is 4. The number of amides is 1. The van der Waals surface area contributed by atoms with Crippen LogP contribution < -0.4 is 5.32 Å². The summed E-state index contributed by atoms with van der Waals surface area (Å²) in [5.74, 6) is -2.74. The maximum Gasteiger partial charge on any atom is 0.490 e. The van der Waals surface area contributed by atoms with E-state index in [4.69, 9.17) is 14.6 Å². The molecule has 1 amide bonds. The summed E-state index contributed by atoms with van der Waals surface area (Å²) >= 11 is 0. The van der Waals surface area contributed by atoms with Crippen LogP contribution in [0.3, 0.4) is 0 Å². The Morgan fingerprint density at radius 2 is 1.76 bits per heavy atom. The van der Waals surface area contributed by atoms with Gasteiger partial charge in [-0.1, -0.05) is 23.3 Å². The zero-order valence-electron chi connectivity index (χ0n) is 19.4. The number of halogens is 6. The number of rotatable bonds is 4. The minimum absolute atomic E-state index is 0.146. The van der Waals surface area contributed by atoms with Gasteiger partial charge in [0.2, 0.25) is 0 Å². The third kappa shape index (κ3) is 7.64. The van der Waals surface area contributed by atoms with Crippen molar-refractivity contribution in [1.29, 1.82) is 0 Å². The molecule has 0 saturated carbocycles. The van der Waals surface area contributed by atoms with E-state index in [0.29, 0.717) is 23.4 Å². The molecule has 0 spiro atoms. The predicted octanol–water partition coefficient (Wildman–Crippen LogP) is 4.20. The number of ether oxygens (including phenoxy) is 1. The summed E-state index contributed by atoms with van der Waals surface area (Å²) in [4.78, 5) is 23.6. The fourth-order valence-corrected chi connectivity index (χ4v) is 3.47. The quantitative estimate of drug-likeness (QED) is 0.415. The first-order valence-corrected chi connectivity index (χ1v) is 10.8. The lowest BCUT2D eigenvalue weighted by molar-refractivity contribution is -0.192. The average Bonchev–Trinajstić information content (AvgIpc) is 3.36. The van der Waals surface area contributed by atoms with E-state index >= 15 is 0 Å². The van der Waals surface area contributed by atoms with Crippen molar-refractivity contribution in [2.75, 3.05) is 18.4 Å². The maximum absolute atomic E-state index is 13.1. The molecule has 2 heterocycles. The van der Waals surface area contributed by atoms with Gasteiger partial charge in [-0.2, -0.15) is 31.6 Å². The lowest BCUT2D eigenvalue weighted by atomic mass is 10.0. The summed E-state index contributed by atoms with van der Waals surface area (Å²) in [6.07, 6.45) is -10.5. The van der Waals surface area contributed by atoms with Gasteiger partial charge in [0.25, 0.3) is 11.9 Å². The number of morpholine rings is 1. The van der Waals surface area contributed by atoms with Gasteiger partial charge in [-0.05, 0) is 48.0 Å². The van der Waals surface area contributed by atoms with Crippen LogP contribution in [0, 0.1) is 0 Å². The number of carboxylic acids is 1. The molecule has 16 heteroatoms. The van der Waals surface area contributed by atoms with Crippen LogP contribution in [-0.4, -0.2) is 67.9 Å². The number of carbonyl (C=O) groups is 2. The van der Waals surface area contributed by atoms with Gasteiger partial charge in [-0.25, -0.2) is 4.79 Å². The first-order valence-electron chi connectivity index (χ1n) is 10.8. The summed E-state index contributed by atoms with van der Waals surface area (Å²) in [5, 5.41) is 23.4. The molecule has 1 aliphatic heterocycles. The fraction of sp³-hybridized carbons (Fsp3) is 0.318. The predicted molar refractivity (Wildman–Crippen MR) is 118 cm³/mol. The Bertz CT molecular complexity index is 1250. The molecule has 0 radical (unpaired) electrons. The van der Waals surface area contributed by atoms with Gasteiger partial charge in [0, 0.05) is 17.8 Å². The zero-order valence-corrected chi connectivity index (χ0v) is 19.4. The van der Waals surface area contributed by atoms with Gasteiger partial charge in [-0.15, -0.1) is 5.10 Å². The fourth-order valence-electron chi connectivity index (χ4n) is 3.47. The third-order valence-electron chi connectivity index (χ3n) is 5.09. The molecule has 1 aliphatic rings. The number of aromatic nitrogens is 4. The first kappa shape index (κ1) is 28.4. The Balaban J connectivity index is 0.000000505. The number of aromatic amines is 1. The molecule has 2 atom stereocenters. The van der Waals surface area contributed by atoms with E-state index in [0.717, 1.165) is 12.1 Å². The Morgan fingerprint density at radius 1 is 1.08 bits per heavy atom.